The minimum atomic E-state index is -2.87. The molecule has 1 aliphatic carbocycles. The standard InChI is InChI=1S/C29H31F2N5O2S/c1-18-7-4-5-9-25(18)36-27(21-8-6-14-32-16-21)33-34-29(36)39-17-26(37)24-15-19(2)35(20(24)3)22-10-12-23(13-11-22)38-28(30)31/h6,8,10-16,18,25,28H,4-5,7,9,17H2,1-3H3/t18-,25-/m1/s1. The Morgan fingerprint density at radius 3 is 2.59 bits per heavy atom. The van der Waals surface area contributed by atoms with E-state index in [0.717, 1.165) is 52.9 Å². The number of Topliss-reactive ketones (excluding diaryl/α,β-unsaturated/α-hetero) is 1. The average molecular weight is 552 g/mol. The normalized spacial score (nSPS) is 17.5. The van der Waals surface area contributed by atoms with Crippen molar-refractivity contribution in [1.82, 2.24) is 24.3 Å². The fraction of sp³-hybridized carbons (Fsp3) is 0.379. The Labute approximate surface area is 230 Å². The number of ketones is 1. The highest BCUT2D eigenvalue weighted by atomic mass is 32.2. The van der Waals surface area contributed by atoms with Gasteiger partial charge in [-0.15, -0.1) is 10.2 Å². The quantitative estimate of drug-likeness (QED) is 0.164. The Kier molecular flexibility index (Phi) is 8.11. The summed E-state index contributed by atoms with van der Waals surface area (Å²) >= 11 is 1.41. The molecule has 0 saturated heterocycles. The van der Waals surface area contributed by atoms with Crippen LogP contribution < -0.4 is 4.74 Å². The summed E-state index contributed by atoms with van der Waals surface area (Å²) in [6, 6.07) is 12.4. The summed E-state index contributed by atoms with van der Waals surface area (Å²) in [6.45, 7) is 3.21. The molecule has 39 heavy (non-hydrogen) atoms. The van der Waals surface area contributed by atoms with E-state index in [1.165, 1.54) is 30.3 Å². The van der Waals surface area contributed by atoms with Crippen LogP contribution in [-0.2, 0) is 0 Å². The van der Waals surface area contributed by atoms with Crippen molar-refractivity contribution in [3.05, 3.63) is 71.8 Å². The lowest BCUT2D eigenvalue weighted by Crippen LogP contribution is -2.22. The Balaban J connectivity index is 1.38. The van der Waals surface area contributed by atoms with Gasteiger partial charge in [0.05, 0.1) is 5.75 Å². The van der Waals surface area contributed by atoms with Crippen molar-refractivity contribution >= 4 is 17.5 Å². The maximum atomic E-state index is 13.4. The van der Waals surface area contributed by atoms with Crippen molar-refractivity contribution in [1.29, 1.82) is 0 Å². The van der Waals surface area contributed by atoms with Gasteiger partial charge >= 0.3 is 6.61 Å². The van der Waals surface area contributed by atoms with Crippen molar-refractivity contribution in [3.8, 4) is 22.8 Å². The van der Waals surface area contributed by atoms with Crippen molar-refractivity contribution in [2.24, 2.45) is 5.92 Å². The predicted molar refractivity (Wildman–Crippen MR) is 147 cm³/mol. The number of benzene rings is 1. The highest BCUT2D eigenvalue weighted by Crippen LogP contribution is 2.39. The van der Waals surface area contributed by atoms with Crippen LogP contribution in [0.3, 0.4) is 0 Å². The molecule has 2 atom stereocenters. The molecule has 1 saturated carbocycles. The van der Waals surface area contributed by atoms with Gasteiger partial charge in [0.2, 0.25) is 0 Å². The first kappa shape index (κ1) is 27.1. The van der Waals surface area contributed by atoms with E-state index in [0.29, 0.717) is 11.5 Å². The number of carbonyl (C=O) groups excluding carboxylic acids is 1. The largest absolute Gasteiger partial charge is 0.435 e. The number of hydrogen-bond acceptors (Lipinski definition) is 6. The van der Waals surface area contributed by atoms with Crippen molar-refractivity contribution in [2.45, 2.75) is 64.3 Å². The smallest absolute Gasteiger partial charge is 0.387 e. The number of carbonyl (C=O) groups is 1. The van der Waals surface area contributed by atoms with Crippen LogP contribution in [0.2, 0.25) is 0 Å². The van der Waals surface area contributed by atoms with Gasteiger partial charge in [-0.1, -0.05) is 31.5 Å². The molecule has 10 heteroatoms. The summed E-state index contributed by atoms with van der Waals surface area (Å²) in [5.41, 5.74) is 3.97. The van der Waals surface area contributed by atoms with E-state index in [-0.39, 0.29) is 23.3 Å². The number of hydrogen-bond donors (Lipinski definition) is 0. The van der Waals surface area contributed by atoms with Crippen LogP contribution in [0.5, 0.6) is 5.75 Å². The third kappa shape index (κ3) is 5.75. The number of aryl methyl sites for hydroxylation is 1. The van der Waals surface area contributed by atoms with Gasteiger partial charge in [0.1, 0.15) is 5.75 Å². The number of nitrogens with zero attached hydrogens (tertiary/aromatic N) is 5. The van der Waals surface area contributed by atoms with E-state index in [1.807, 2.05) is 36.6 Å². The summed E-state index contributed by atoms with van der Waals surface area (Å²) in [5, 5.41) is 9.78. The first-order chi connectivity index (χ1) is 18.8. The van der Waals surface area contributed by atoms with Gasteiger partial charge in [-0.25, -0.2) is 0 Å². The van der Waals surface area contributed by atoms with E-state index in [9.17, 15) is 13.6 Å². The van der Waals surface area contributed by atoms with E-state index in [2.05, 4.69) is 31.4 Å². The first-order valence-corrected chi connectivity index (χ1v) is 14.1. The van der Waals surface area contributed by atoms with Gasteiger partial charge in [-0.05, 0) is 75.1 Å². The van der Waals surface area contributed by atoms with Gasteiger partial charge < -0.3 is 9.30 Å². The lowest BCUT2D eigenvalue weighted by molar-refractivity contribution is -0.0498. The van der Waals surface area contributed by atoms with Crippen LogP contribution in [0.4, 0.5) is 8.78 Å². The molecule has 3 heterocycles. The topological polar surface area (TPSA) is 74.8 Å². The summed E-state index contributed by atoms with van der Waals surface area (Å²) in [7, 11) is 0. The number of alkyl halides is 2. The third-order valence-corrected chi connectivity index (χ3v) is 8.31. The minimum Gasteiger partial charge on any atom is -0.435 e. The van der Waals surface area contributed by atoms with E-state index in [4.69, 9.17) is 0 Å². The maximum Gasteiger partial charge on any atom is 0.387 e. The number of rotatable bonds is 9. The van der Waals surface area contributed by atoms with Crippen LogP contribution >= 0.6 is 11.8 Å². The molecular weight excluding hydrogens is 520 g/mol. The molecule has 0 bridgehead atoms. The molecule has 1 aromatic carbocycles. The molecule has 1 fully saturated rings. The van der Waals surface area contributed by atoms with Crippen LogP contribution in [0, 0.1) is 19.8 Å². The monoisotopic (exact) mass is 551 g/mol. The second-order valence-corrected chi connectivity index (χ2v) is 10.9. The number of halogens is 2. The Hall–Kier alpha value is -3.53. The molecule has 1 aliphatic rings. The molecule has 0 unspecified atom stereocenters. The molecule has 7 nitrogen and oxygen atoms in total. The van der Waals surface area contributed by atoms with Gasteiger partial charge in [-0.3, -0.25) is 14.3 Å². The zero-order valence-corrected chi connectivity index (χ0v) is 23.0. The molecule has 0 aliphatic heterocycles. The van der Waals surface area contributed by atoms with Gasteiger partial charge in [-0.2, -0.15) is 8.78 Å². The first-order valence-electron chi connectivity index (χ1n) is 13.1. The second-order valence-electron chi connectivity index (χ2n) is 9.95. The number of pyridine rings is 1. The number of aromatic nitrogens is 5. The number of thioether (sulfide) groups is 1. The summed E-state index contributed by atoms with van der Waals surface area (Å²) in [5.74, 6) is 1.57. The fourth-order valence-electron chi connectivity index (χ4n) is 5.47. The second kappa shape index (κ2) is 11.7. The molecule has 4 aromatic rings. The Morgan fingerprint density at radius 2 is 1.90 bits per heavy atom. The van der Waals surface area contributed by atoms with Gasteiger partial charge in [0.15, 0.2) is 16.8 Å². The molecule has 204 valence electrons. The Bertz CT molecular complexity index is 1440. The fourth-order valence-corrected chi connectivity index (χ4v) is 6.35. The van der Waals surface area contributed by atoms with E-state index in [1.54, 1.807) is 24.5 Å². The van der Waals surface area contributed by atoms with Gasteiger partial charge in [0.25, 0.3) is 0 Å². The van der Waals surface area contributed by atoms with Crippen molar-refractivity contribution in [2.75, 3.05) is 5.75 Å². The molecule has 0 radical (unpaired) electrons. The molecular formula is C29H31F2N5O2S. The molecule has 0 spiro atoms. The average Bonchev–Trinajstić information content (AvgIpc) is 3.48. The number of ether oxygens (including phenoxy) is 1. The van der Waals surface area contributed by atoms with E-state index >= 15 is 0 Å². The SMILES string of the molecule is Cc1cc(C(=O)CSc2nnc(-c3cccnc3)n2[C@@H]2CCCC[C@H]2C)c(C)n1-c1ccc(OC(F)F)cc1. The predicted octanol–water partition coefficient (Wildman–Crippen LogP) is 7.08. The van der Waals surface area contributed by atoms with Crippen LogP contribution in [-0.4, -0.2) is 42.5 Å². The lowest BCUT2D eigenvalue weighted by atomic mass is 9.85. The van der Waals surface area contributed by atoms with Crippen molar-refractivity contribution in [3.63, 3.8) is 0 Å². The highest BCUT2D eigenvalue weighted by Gasteiger charge is 2.29. The zero-order chi connectivity index (χ0) is 27.5. The molecule has 3 aromatic heterocycles. The highest BCUT2D eigenvalue weighted by molar-refractivity contribution is 7.99. The minimum absolute atomic E-state index is 0.00817. The summed E-state index contributed by atoms with van der Waals surface area (Å²) in [4.78, 5) is 17.7. The molecule has 5 rings (SSSR count). The Morgan fingerprint density at radius 1 is 1.13 bits per heavy atom. The molecule has 0 amide bonds. The van der Waals surface area contributed by atoms with E-state index < -0.39 is 6.61 Å². The zero-order valence-electron chi connectivity index (χ0n) is 22.2. The van der Waals surface area contributed by atoms with Crippen LogP contribution in [0.15, 0.2) is 60.0 Å². The molecule has 0 N–H and O–H groups in total. The lowest BCUT2D eigenvalue weighted by Gasteiger charge is -2.31. The van der Waals surface area contributed by atoms with Crippen LogP contribution in [0.25, 0.3) is 17.1 Å². The van der Waals surface area contributed by atoms with Crippen LogP contribution in [0.1, 0.15) is 60.4 Å². The third-order valence-electron chi connectivity index (χ3n) is 7.37. The van der Waals surface area contributed by atoms with Crippen molar-refractivity contribution < 1.29 is 18.3 Å². The summed E-state index contributed by atoms with van der Waals surface area (Å²) in [6.07, 6.45) is 8.12. The summed E-state index contributed by atoms with van der Waals surface area (Å²) < 4.78 is 33.6. The van der Waals surface area contributed by atoms with Gasteiger partial charge in [0, 0.05) is 46.6 Å². The maximum absolute atomic E-state index is 13.4.